The van der Waals surface area contributed by atoms with E-state index in [1.54, 1.807) is 32.3 Å². The number of benzene rings is 2. The first-order valence-electron chi connectivity index (χ1n) is 11.2. The highest BCUT2D eigenvalue weighted by molar-refractivity contribution is 6.12. The van der Waals surface area contributed by atoms with Gasteiger partial charge < -0.3 is 24.6 Å². The molecule has 0 fully saturated rings. The zero-order chi connectivity index (χ0) is 25.2. The van der Waals surface area contributed by atoms with E-state index in [9.17, 15) is 9.90 Å². The van der Waals surface area contributed by atoms with Gasteiger partial charge in [-0.1, -0.05) is 24.3 Å². The number of carbonyl (C=O) groups is 1. The zero-order valence-corrected chi connectivity index (χ0v) is 20.5. The molecule has 6 nitrogen and oxygen atoms in total. The van der Waals surface area contributed by atoms with Crippen LogP contribution < -0.4 is 10.1 Å². The number of carbonyl (C=O) groups excluding carboxylic acids is 1. The van der Waals surface area contributed by atoms with Gasteiger partial charge in [0.15, 0.2) is 5.60 Å². The van der Waals surface area contributed by atoms with E-state index < -0.39 is 5.60 Å². The number of anilines is 1. The third-order valence-electron chi connectivity index (χ3n) is 6.24. The Morgan fingerprint density at radius 1 is 0.943 bits per heavy atom. The summed E-state index contributed by atoms with van der Waals surface area (Å²) in [7, 11) is 4.65. The summed E-state index contributed by atoms with van der Waals surface area (Å²) in [6, 6.07) is 15.2. The van der Waals surface area contributed by atoms with Gasteiger partial charge >= 0.3 is 0 Å². The van der Waals surface area contributed by atoms with E-state index in [-0.39, 0.29) is 5.91 Å². The average Bonchev–Trinajstić information content (AvgIpc) is 3.10. The number of nitrogens with one attached hydrogen (secondary N) is 1. The highest BCUT2D eigenvalue weighted by atomic mass is 16.5. The predicted molar refractivity (Wildman–Crippen MR) is 138 cm³/mol. The van der Waals surface area contributed by atoms with Crippen LogP contribution in [0.1, 0.15) is 25.0 Å². The minimum absolute atomic E-state index is 0.218. The van der Waals surface area contributed by atoms with Crippen molar-refractivity contribution in [2.24, 2.45) is 0 Å². The van der Waals surface area contributed by atoms with Crippen LogP contribution in [0.3, 0.4) is 0 Å². The van der Waals surface area contributed by atoms with Crippen molar-refractivity contribution in [3.63, 3.8) is 0 Å². The Bertz CT molecular complexity index is 1280. The Kier molecular flexibility index (Phi) is 6.67. The first kappa shape index (κ1) is 24.1. The molecular formula is C29H29NO5. The van der Waals surface area contributed by atoms with Crippen LogP contribution in [0.5, 0.6) is 5.75 Å². The van der Waals surface area contributed by atoms with E-state index in [0.717, 1.165) is 39.1 Å². The molecule has 0 heterocycles. The van der Waals surface area contributed by atoms with E-state index >= 15 is 0 Å². The summed E-state index contributed by atoms with van der Waals surface area (Å²) in [6.45, 7) is 3.61. The number of methoxy groups -OCH3 is 3. The van der Waals surface area contributed by atoms with Crippen LogP contribution in [0.15, 0.2) is 95.5 Å². The smallest absolute Gasteiger partial charge is 0.248 e. The Morgan fingerprint density at radius 3 is 2.20 bits per heavy atom. The summed E-state index contributed by atoms with van der Waals surface area (Å²) in [5.74, 6) is 1.25. The van der Waals surface area contributed by atoms with Crippen LogP contribution >= 0.6 is 0 Å². The molecule has 0 atom stereocenters. The Hall–Kier alpha value is -4.03. The number of ether oxygens (including phenoxy) is 3. The molecule has 0 radical (unpaired) electrons. The van der Waals surface area contributed by atoms with Crippen LogP contribution in [-0.4, -0.2) is 37.9 Å². The number of aliphatic hydroxyl groups is 1. The largest absolute Gasteiger partial charge is 0.498 e. The Balaban J connectivity index is 1.80. The number of para-hydroxylation sites is 1. The normalized spacial score (nSPS) is 20.2. The number of allylic oxidation sites excluding steroid dienone is 7. The maximum atomic E-state index is 12.9. The molecule has 0 bridgehead atoms. The third-order valence-corrected chi connectivity index (χ3v) is 6.24. The molecule has 35 heavy (non-hydrogen) atoms. The van der Waals surface area contributed by atoms with Gasteiger partial charge in [-0.25, -0.2) is 0 Å². The van der Waals surface area contributed by atoms with E-state index in [4.69, 9.17) is 14.2 Å². The van der Waals surface area contributed by atoms with Crippen molar-refractivity contribution < 1.29 is 24.1 Å². The number of rotatable bonds is 6. The van der Waals surface area contributed by atoms with Crippen molar-refractivity contribution in [1.29, 1.82) is 0 Å². The van der Waals surface area contributed by atoms with Crippen LogP contribution in [0, 0.1) is 0 Å². The lowest BCUT2D eigenvalue weighted by molar-refractivity contribution is -0.111. The molecular weight excluding hydrogens is 442 g/mol. The molecule has 0 unspecified atom stereocenters. The monoisotopic (exact) mass is 471 g/mol. The molecule has 180 valence electrons. The maximum absolute atomic E-state index is 12.9. The molecule has 1 amide bonds. The summed E-state index contributed by atoms with van der Waals surface area (Å²) in [4.78, 5) is 12.9. The van der Waals surface area contributed by atoms with Crippen molar-refractivity contribution >= 4 is 22.7 Å². The van der Waals surface area contributed by atoms with Crippen LogP contribution in [0.4, 0.5) is 5.69 Å². The van der Waals surface area contributed by atoms with Crippen LogP contribution in [-0.2, 0) is 14.3 Å². The molecule has 2 aliphatic rings. The summed E-state index contributed by atoms with van der Waals surface area (Å²) < 4.78 is 16.3. The average molecular weight is 472 g/mol. The minimum atomic E-state index is -1.36. The van der Waals surface area contributed by atoms with Gasteiger partial charge in [0.1, 0.15) is 17.3 Å². The van der Waals surface area contributed by atoms with Crippen molar-refractivity contribution in [2.75, 3.05) is 26.6 Å². The predicted octanol–water partition coefficient (Wildman–Crippen LogP) is 5.26. The molecule has 0 aliphatic heterocycles. The third kappa shape index (κ3) is 4.66. The van der Waals surface area contributed by atoms with Gasteiger partial charge in [-0.15, -0.1) is 0 Å². The molecule has 4 rings (SSSR count). The molecule has 0 saturated carbocycles. The highest BCUT2D eigenvalue weighted by Crippen LogP contribution is 2.44. The molecule has 2 N–H and O–H groups in total. The number of hydrogen-bond donors (Lipinski definition) is 2. The molecule has 6 heteroatoms. The van der Waals surface area contributed by atoms with Gasteiger partial charge in [0.25, 0.3) is 0 Å². The van der Waals surface area contributed by atoms with Gasteiger partial charge in [0, 0.05) is 11.8 Å². The molecule has 0 saturated heterocycles. The fourth-order valence-electron chi connectivity index (χ4n) is 4.37. The lowest BCUT2D eigenvalue weighted by atomic mass is 9.91. The standard InChI is InChI=1S/C29H29NO5/c1-18-23(13-19-14-26(34-4)29(2,32)27(15-19)35-5)22-12-11-21(33-3)16-25(22)24(18)17-28(31)30-20-9-7-6-8-10-20/h6-17,32H,1-5H3,(H,30,31). The summed E-state index contributed by atoms with van der Waals surface area (Å²) >= 11 is 0. The second-order valence-electron chi connectivity index (χ2n) is 8.51. The summed E-state index contributed by atoms with van der Waals surface area (Å²) in [5.41, 5.74) is 4.78. The first-order chi connectivity index (χ1) is 16.8. The first-order valence-corrected chi connectivity index (χ1v) is 11.2. The quantitative estimate of drug-likeness (QED) is 0.563. The Labute approximate surface area is 205 Å². The molecule has 0 spiro atoms. The second-order valence-corrected chi connectivity index (χ2v) is 8.51. The van der Waals surface area contributed by atoms with Crippen LogP contribution in [0.2, 0.25) is 0 Å². The van der Waals surface area contributed by atoms with Crippen LogP contribution in [0.25, 0.3) is 11.1 Å². The van der Waals surface area contributed by atoms with E-state index in [1.807, 2.05) is 61.5 Å². The fraction of sp³-hybridized carbons (Fsp3) is 0.207. The maximum Gasteiger partial charge on any atom is 0.248 e. The van der Waals surface area contributed by atoms with Gasteiger partial charge in [0.2, 0.25) is 5.91 Å². The number of amides is 1. The summed E-state index contributed by atoms with van der Waals surface area (Å²) in [5, 5.41) is 13.7. The van der Waals surface area contributed by atoms with Gasteiger partial charge in [0.05, 0.1) is 21.3 Å². The van der Waals surface area contributed by atoms with E-state index in [1.165, 1.54) is 14.2 Å². The number of fused-ring (bicyclic) bond motifs is 1. The SMILES string of the molecule is COC1=CC(=CC2=C(C)C(=CC(=O)Nc3ccccc3)c3cc(OC)ccc32)C=C(OC)C1(C)O. The Morgan fingerprint density at radius 2 is 1.60 bits per heavy atom. The van der Waals surface area contributed by atoms with Crippen molar-refractivity contribution in [1.82, 2.24) is 0 Å². The molecule has 2 aliphatic carbocycles. The van der Waals surface area contributed by atoms with Crippen molar-refractivity contribution in [3.8, 4) is 5.75 Å². The van der Waals surface area contributed by atoms with Crippen molar-refractivity contribution in [3.05, 3.63) is 107 Å². The lowest BCUT2D eigenvalue weighted by Gasteiger charge is -2.30. The van der Waals surface area contributed by atoms with E-state index in [2.05, 4.69) is 5.32 Å². The lowest BCUT2D eigenvalue weighted by Crippen LogP contribution is -2.33. The molecule has 0 aromatic heterocycles. The summed E-state index contributed by atoms with van der Waals surface area (Å²) in [6.07, 6.45) is 7.19. The van der Waals surface area contributed by atoms with Crippen molar-refractivity contribution in [2.45, 2.75) is 19.4 Å². The zero-order valence-electron chi connectivity index (χ0n) is 20.5. The highest BCUT2D eigenvalue weighted by Gasteiger charge is 2.36. The van der Waals surface area contributed by atoms with Gasteiger partial charge in [-0.2, -0.15) is 0 Å². The topological polar surface area (TPSA) is 77.0 Å². The number of hydrogen-bond acceptors (Lipinski definition) is 5. The van der Waals surface area contributed by atoms with Gasteiger partial charge in [-0.3, -0.25) is 4.79 Å². The van der Waals surface area contributed by atoms with Gasteiger partial charge in [-0.05, 0) is 89.8 Å². The minimum Gasteiger partial charge on any atom is -0.498 e. The molecule has 2 aromatic rings. The second kappa shape index (κ2) is 9.68. The molecule has 2 aromatic carbocycles. The fourth-order valence-corrected chi connectivity index (χ4v) is 4.37. The van der Waals surface area contributed by atoms with E-state index in [0.29, 0.717) is 17.3 Å².